The van der Waals surface area contributed by atoms with Crippen molar-refractivity contribution in [2.45, 2.75) is 62.9 Å². The molecule has 4 atom stereocenters. The lowest BCUT2D eigenvalue weighted by molar-refractivity contribution is 0.0294. The zero-order chi connectivity index (χ0) is 22.8. The predicted molar refractivity (Wildman–Crippen MR) is 129 cm³/mol. The first-order chi connectivity index (χ1) is 16.1. The van der Waals surface area contributed by atoms with Crippen molar-refractivity contribution in [2.24, 2.45) is 13.0 Å². The van der Waals surface area contributed by atoms with Crippen LogP contribution in [0.3, 0.4) is 0 Å². The summed E-state index contributed by atoms with van der Waals surface area (Å²) in [5, 5.41) is 11.2. The summed E-state index contributed by atoms with van der Waals surface area (Å²) in [7, 11) is 3.76. The molecule has 0 spiro atoms. The number of nitrogens with one attached hydrogen (secondary N) is 2. The van der Waals surface area contributed by atoms with Crippen LogP contribution in [0.1, 0.15) is 56.6 Å². The highest BCUT2D eigenvalue weighted by atomic mass is 16.5. The highest BCUT2D eigenvalue weighted by Gasteiger charge is 2.42. The van der Waals surface area contributed by atoms with Crippen molar-refractivity contribution >= 4 is 6.03 Å². The third-order valence-corrected chi connectivity index (χ3v) is 8.00. The second kappa shape index (κ2) is 9.75. The first-order valence-corrected chi connectivity index (χ1v) is 12.6. The maximum Gasteiger partial charge on any atom is 0.315 e. The largest absolute Gasteiger partial charge is 0.496 e. The van der Waals surface area contributed by atoms with E-state index in [0.717, 1.165) is 55.9 Å². The van der Waals surface area contributed by atoms with E-state index in [4.69, 9.17) is 9.84 Å². The Balaban J connectivity index is 1.21. The molecule has 3 saturated heterocycles. The van der Waals surface area contributed by atoms with E-state index >= 15 is 0 Å². The van der Waals surface area contributed by atoms with Crippen molar-refractivity contribution < 1.29 is 9.53 Å². The average molecular weight is 452 g/mol. The number of carbonyl (C=O) groups is 1. The van der Waals surface area contributed by atoms with Gasteiger partial charge in [0.1, 0.15) is 5.75 Å². The number of piperidine rings is 3. The molecule has 178 valence electrons. The minimum atomic E-state index is 0.00850. The number of urea groups is 1. The summed E-state index contributed by atoms with van der Waals surface area (Å²) in [6.45, 7) is 2.89. The Kier molecular flexibility index (Phi) is 6.58. The summed E-state index contributed by atoms with van der Waals surface area (Å²) in [5.74, 6) is 1.96. The van der Waals surface area contributed by atoms with Crippen LogP contribution in [0.2, 0.25) is 0 Å². The topological polar surface area (TPSA) is 71.4 Å². The average Bonchev–Trinajstić information content (AvgIpc) is 3.25. The molecule has 2 aromatic rings. The Morgan fingerprint density at radius 1 is 1.18 bits per heavy atom. The second-order valence-corrected chi connectivity index (χ2v) is 10.0. The SMILES string of the molecule is COc1ccccc1-c1cc(C2CN3CCC2CC3CNC(=O)NC2CCCCC2)n(C)n1. The van der Waals surface area contributed by atoms with E-state index in [0.29, 0.717) is 23.9 Å². The lowest BCUT2D eigenvalue weighted by Crippen LogP contribution is -2.57. The normalized spacial score (nSPS) is 27.3. The van der Waals surface area contributed by atoms with Crippen molar-refractivity contribution in [2.75, 3.05) is 26.7 Å². The summed E-state index contributed by atoms with van der Waals surface area (Å²) in [4.78, 5) is 15.0. The van der Waals surface area contributed by atoms with Crippen LogP contribution in [-0.4, -0.2) is 59.5 Å². The van der Waals surface area contributed by atoms with Gasteiger partial charge in [-0.25, -0.2) is 4.79 Å². The molecule has 7 nitrogen and oxygen atoms in total. The van der Waals surface area contributed by atoms with E-state index in [9.17, 15) is 4.79 Å². The molecular weight excluding hydrogens is 414 g/mol. The van der Waals surface area contributed by atoms with E-state index in [2.05, 4.69) is 39.4 Å². The smallest absolute Gasteiger partial charge is 0.315 e. The molecule has 1 aromatic heterocycles. The molecule has 4 fully saturated rings. The first-order valence-electron chi connectivity index (χ1n) is 12.6. The molecule has 1 aromatic carbocycles. The molecule has 1 saturated carbocycles. The van der Waals surface area contributed by atoms with E-state index in [1.54, 1.807) is 7.11 Å². The lowest BCUT2D eigenvalue weighted by atomic mass is 9.74. The van der Waals surface area contributed by atoms with Gasteiger partial charge in [0.05, 0.1) is 12.8 Å². The van der Waals surface area contributed by atoms with Gasteiger partial charge in [0.2, 0.25) is 0 Å². The number of benzene rings is 1. The Bertz CT molecular complexity index is 967. The van der Waals surface area contributed by atoms with Gasteiger partial charge in [-0.15, -0.1) is 0 Å². The number of ether oxygens (including phenoxy) is 1. The van der Waals surface area contributed by atoms with Crippen molar-refractivity contribution in [3.63, 3.8) is 0 Å². The van der Waals surface area contributed by atoms with Crippen LogP contribution < -0.4 is 15.4 Å². The maximum absolute atomic E-state index is 12.4. The van der Waals surface area contributed by atoms with Crippen LogP contribution in [0.5, 0.6) is 5.75 Å². The highest BCUT2D eigenvalue weighted by Crippen LogP contribution is 2.42. The number of hydrogen-bond acceptors (Lipinski definition) is 4. The Morgan fingerprint density at radius 2 is 2.00 bits per heavy atom. The van der Waals surface area contributed by atoms with E-state index in [-0.39, 0.29) is 6.03 Å². The molecule has 2 amide bonds. The van der Waals surface area contributed by atoms with Gasteiger partial charge in [-0.2, -0.15) is 5.10 Å². The van der Waals surface area contributed by atoms with Crippen LogP contribution in [0, 0.1) is 5.92 Å². The Morgan fingerprint density at radius 3 is 2.76 bits per heavy atom. The number of aromatic nitrogens is 2. The van der Waals surface area contributed by atoms with Crippen molar-refractivity contribution in [3.8, 4) is 17.0 Å². The monoisotopic (exact) mass is 451 g/mol. The third-order valence-electron chi connectivity index (χ3n) is 8.00. The molecule has 1 aliphatic carbocycles. The van der Waals surface area contributed by atoms with Gasteiger partial charge in [-0.05, 0) is 56.3 Å². The predicted octanol–water partition coefficient (Wildman–Crippen LogP) is 3.91. The minimum absolute atomic E-state index is 0.00850. The second-order valence-electron chi connectivity index (χ2n) is 10.0. The molecule has 4 heterocycles. The van der Waals surface area contributed by atoms with E-state index in [1.807, 2.05) is 18.2 Å². The van der Waals surface area contributed by atoms with E-state index in [1.165, 1.54) is 31.4 Å². The molecular formula is C26H37N5O2. The van der Waals surface area contributed by atoms with Gasteiger partial charge >= 0.3 is 6.03 Å². The number of hydrogen-bond donors (Lipinski definition) is 2. The summed E-state index contributed by atoms with van der Waals surface area (Å²) >= 11 is 0. The van der Waals surface area contributed by atoms with Gasteiger partial charge in [0.25, 0.3) is 0 Å². The molecule has 4 unspecified atom stereocenters. The number of fused-ring (bicyclic) bond motifs is 3. The fraction of sp³-hybridized carbons (Fsp3) is 0.615. The van der Waals surface area contributed by atoms with Gasteiger partial charge < -0.3 is 15.4 Å². The molecule has 0 radical (unpaired) electrons. The van der Waals surface area contributed by atoms with Crippen LogP contribution in [0.4, 0.5) is 4.79 Å². The van der Waals surface area contributed by atoms with Crippen molar-refractivity contribution in [1.29, 1.82) is 0 Å². The highest BCUT2D eigenvalue weighted by molar-refractivity contribution is 5.74. The number of aryl methyl sites for hydroxylation is 1. The standard InChI is InChI=1S/C26H37N5O2/c1-30-24(15-23(29-30)21-10-6-7-11-25(21)33-2)22-17-31-13-12-18(22)14-20(31)16-27-26(32)28-19-8-4-3-5-9-19/h6-7,10-11,15,18-20,22H,3-5,8-9,12-14,16-17H2,1-2H3,(H2,27,28,32). The summed E-state index contributed by atoms with van der Waals surface area (Å²) < 4.78 is 7.61. The van der Waals surface area contributed by atoms with Crippen LogP contribution in [0.25, 0.3) is 11.3 Å². The van der Waals surface area contributed by atoms with Crippen LogP contribution in [-0.2, 0) is 7.05 Å². The molecule has 4 aliphatic rings. The lowest BCUT2D eigenvalue weighted by Gasteiger charge is -2.50. The first kappa shape index (κ1) is 22.3. The Hall–Kier alpha value is -2.54. The van der Waals surface area contributed by atoms with Gasteiger partial charge in [-0.3, -0.25) is 9.58 Å². The summed E-state index contributed by atoms with van der Waals surface area (Å²) in [5.41, 5.74) is 3.31. The number of methoxy groups -OCH3 is 1. The molecule has 3 aliphatic heterocycles. The van der Waals surface area contributed by atoms with Gasteiger partial charge in [0, 0.05) is 49.4 Å². The number of para-hydroxylation sites is 1. The molecule has 6 rings (SSSR count). The zero-order valence-corrected chi connectivity index (χ0v) is 19.9. The quantitative estimate of drug-likeness (QED) is 0.699. The minimum Gasteiger partial charge on any atom is -0.496 e. The van der Waals surface area contributed by atoms with Crippen LogP contribution >= 0.6 is 0 Å². The summed E-state index contributed by atoms with van der Waals surface area (Å²) in [6.07, 6.45) is 8.35. The number of amides is 2. The Labute approximate surface area is 196 Å². The van der Waals surface area contributed by atoms with Gasteiger partial charge in [0.15, 0.2) is 0 Å². The molecule has 7 heteroatoms. The molecule has 2 N–H and O–H groups in total. The molecule has 2 bridgehead atoms. The maximum atomic E-state index is 12.4. The van der Waals surface area contributed by atoms with Gasteiger partial charge in [-0.1, -0.05) is 31.4 Å². The molecule has 33 heavy (non-hydrogen) atoms. The fourth-order valence-electron chi connectivity index (χ4n) is 6.20. The van der Waals surface area contributed by atoms with E-state index < -0.39 is 0 Å². The third kappa shape index (κ3) is 4.74. The fourth-order valence-corrected chi connectivity index (χ4v) is 6.20. The number of nitrogens with zero attached hydrogens (tertiary/aromatic N) is 3. The number of carbonyl (C=O) groups excluding carboxylic acids is 1. The van der Waals surface area contributed by atoms with Crippen molar-refractivity contribution in [3.05, 3.63) is 36.0 Å². The number of rotatable bonds is 6. The zero-order valence-electron chi connectivity index (χ0n) is 19.9. The van der Waals surface area contributed by atoms with Crippen LogP contribution in [0.15, 0.2) is 30.3 Å². The van der Waals surface area contributed by atoms with Crippen molar-refractivity contribution in [1.82, 2.24) is 25.3 Å². The summed E-state index contributed by atoms with van der Waals surface area (Å²) in [6, 6.07) is 11.1.